The molecule has 20 heavy (non-hydrogen) atoms. The minimum Gasteiger partial charge on any atom is -0.335 e. The molecule has 110 valence electrons. The van der Waals surface area contributed by atoms with Gasteiger partial charge in [0.05, 0.1) is 12.1 Å². The highest BCUT2D eigenvalue weighted by Crippen LogP contribution is 2.24. The fourth-order valence-corrected chi connectivity index (χ4v) is 2.89. The van der Waals surface area contributed by atoms with Crippen LogP contribution in [0.25, 0.3) is 0 Å². The highest BCUT2D eigenvalue weighted by Gasteiger charge is 2.33. The summed E-state index contributed by atoms with van der Waals surface area (Å²) in [5.74, 6) is 0.271. The van der Waals surface area contributed by atoms with Crippen molar-refractivity contribution in [2.24, 2.45) is 5.92 Å². The maximum Gasteiger partial charge on any atom is 0.240 e. The van der Waals surface area contributed by atoms with Gasteiger partial charge in [-0.25, -0.2) is 4.39 Å². The fraction of sp³-hybridized carbons (Fsp3) is 0.562. The average Bonchev–Trinajstić information content (AvgIpc) is 2.86. The van der Waals surface area contributed by atoms with Crippen molar-refractivity contribution in [2.75, 3.05) is 13.1 Å². The Morgan fingerprint density at radius 2 is 2.10 bits per heavy atom. The second-order valence-electron chi connectivity index (χ2n) is 5.55. The van der Waals surface area contributed by atoms with E-state index in [2.05, 4.69) is 12.2 Å². The van der Waals surface area contributed by atoms with Gasteiger partial charge in [-0.15, -0.1) is 0 Å². The summed E-state index contributed by atoms with van der Waals surface area (Å²) in [6.45, 7) is 7.65. The molecule has 3 unspecified atom stereocenters. The molecule has 3 nitrogen and oxygen atoms in total. The molecule has 0 aromatic heterocycles. The number of carbonyl (C=O) groups excluding carboxylic acids is 1. The van der Waals surface area contributed by atoms with E-state index in [1.807, 2.05) is 18.7 Å². The summed E-state index contributed by atoms with van der Waals surface area (Å²) in [5.41, 5.74) is 0.965. The van der Waals surface area contributed by atoms with Crippen molar-refractivity contribution in [1.29, 1.82) is 0 Å². The molecule has 0 bridgehead atoms. The van der Waals surface area contributed by atoms with Crippen molar-refractivity contribution in [3.8, 4) is 0 Å². The Bertz CT molecular complexity index is 460. The van der Waals surface area contributed by atoms with E-state index in [1.165, 1.54) is 12.1 Å². The summed E-state index contributed by atoms with van der Waals surface area (Å²) in [6, 6.07) is 6.27. The van der Waals surface area contributed by atoms with Crippen molar-refractivity contribution < 1.29 is 9.18 Å². The molecular formula is C16H23FN2O. The normalized spacial score (nSPS) is 23.6. The first-order valence-corrected chi connectivity index (χ1v) is 7.34. The molecule has 1 aromatic rings. The topological polar surface area (TPSA) is 32.3 Å². The van der Waals surface area contributed by atoms with Crippen molar-refractivity contribution in [3.63, 3.8) is 0 Å². The van der Waals surface area contributed by atoms with Crippen molar-refractivity contribution in [1.82, 2.24) is 10.2 Å². The van der Waals surface area contributed by atoms with Gasteiger partial charge in [-0.1, -0.05) is 19.1 Å². The molecule has 0 aliphatic carbocycles. The summed E-state index contributed by atoms with van der Waals surface area (Å²) in [6.07, 6.45) is 1.04. The molecule has 0 saturated carbocycles. The summed E-state index contributed by atoms with van der Waals surface area (Å²) in [7, 11) is 0. The molecule has 0 spiro atoms. The summed E-state index contributed by atoms with van der Waals surface area (Å²) in [5, 5.41) is 3.29. The predicted octanol–water partition coefficient (Wildman–Crippen LogP) is 2.73. The molecule has 2 rings (SSSR count). The smallest absolute Gasteiger partial charge is 0.240 e. The molecule has 1 aliphatic heterocycles. The molecule has 1 heterocycles. The number of likely N-dealkylation sites (N-methyl/N-ethyl adjacent to an activating group) is 1. The molecule has 0 radical (unpaired) electrons. The highest BCUT2D eigenvalue weighted by molar-refractivity contribution is 5.83. The lowest BCUT2D eigenvalue weighted by Gasteiger charge is -2.32. The first-order valence-electron chi connectivity index (χ1n) is 7.34. The van der Waals surface area contributed by atoms with Gasteiger partial charge in [0.1, 0.15) is 5.82 Å². The number of amides is 1. The van der Waals surface area contributed by atoms with Crippen LogP contribution in [-0.2, 0) is 4.79 Å². The van der Waals surface area contributed by atoms with E-state index in [1.54, 1.807) is 12.1 Å². The Labute approximate surface area is 120 Å². The Kier molecular flexibility index (Phi) is 4.76. The van der Waals surface area contributed by atoms with Crippen LogP contribution in [0.5, 0.6) is 0 Å². The summed E-state index contributed by atoms with van der Waals surface area (Å²) in [4.78, 5) is 14.5. The SMILES string of the molecule is CCN(C(=O)C1NCCC1C)C(C)c1ccc(F)cc1. The van der Waals surface area contributed by atoms with Crippen molar-refractivity contribution in [3.05, 3.63) is 35.6 Å². The quantitative estimate of drug-likeness (QED) is 0.918. The van der Waals surface area contributed by atoms with Crippen LogP contribution >= 0.6 is 0 Å². The summed E-state index contributed by atoms with van der Waals surface area (Å²) >= 11 is 0. The minimum atomic E-state index is -0.249. The molecule has 1 N–H and O–H groups in total. The number of halogens is 1. The van der Waals surface area contributed by atoms with Gasteiger partial charge < -0.3 is 10.2 Å². The monoisotopic (exact) mass is 278 g/mol. The minimum absolute atomic E-state index is 0.0392. The van der Waals surface area contributed by atoms with E-state index in [4.69, 9.17) is 0 Å². The Balaban J connectivity index is 2.14. The van der Waals surface area contributed by atoms with Gasteiger partial charge in [-0.3, -0.25) is 4.79 Å². The van der Waals surface area contributed by atoms with Gasteiger partial charge in [0.2, 0.25) is 5.91 Å². The van der Waals surface area contributed by atoms with Crippen molar-refractivity contribution in [2.45, 2.75) is 39.3 Å². The zero-order valence-electron chi connectivity index (χ0n) is 12.4. The lowest BCUT2D eigenvalue weighted by Crippen LogP contribution is -2.46. The van der Waals surface area contributed by atoms with Crippen LogP contribution in [0.4, 0.5) is 4.39 Å². The number of rotatable bonds is 4. The van der Waals surface area contributed by atoms with E-state index >= 15 is 0 Å². The molecule has 1 aromatic carbocycles. The van der Waals surface area contributed by atoms with E-state index in [9.17, 15) is 9.18 Å². The number of hydrogen-bond donors (Lipinski definition) is 1. The lowest BCUT2D eigenvalue weighted by molar-refractivity contribution is -0.135. The average molecular weight is 278 g/mol. The molecular weight excluding hydrogens is 255 g/mol. The second kappa shape index (κ2) is 6.35. The number of carbonyl (C=O) groups is 1. The number of nitrogens with one attached hydrogen (secondary N) is 1. The molecule has 1 saturated heterocycles. The third-order valence-electron chi connectivity index (χ3n) is 4.24. The van der Waals surface area contributed by atoms with Gasteiger partial charge in [0.25, 0.3) is 0 Å². The standard InChI is InChI=1S/C16H23FN2O/c1-4-19(16(20)15-11(2)9-10-18-15)12(3)13-5-7-14(17)8-6-13/h5-8,11-12,15,18H,4,9-10H2,1-3H3. The van der Waals surface area contributed by atoms with Crippen LogP contribution in [-0.4, -0.2) is 29.9 Å². The Morgan fingerprint density at radius 3 is 2.60 bits per heavy atom. The van der Waals surface area contributed by atoms with Gasteiger partial charge in [-0.05, 0) is 50.4 Å². The number of hydrogen-bond acceptors (Lipinski definition) is 2. The molecule has 1 amide bonds. The molecule has 3 atom stereocenters. The van der Waals surface area contributed by atoms with Crippen LogP contribution in [0.1, 0.15) is 38.8 Å². The predicted molar refractivity (Wildman–Crippen MR) is 77.8 cm³/mol. The lowest BCUT2D eigenvalue weighted by atomic mass is 10.00. The number of nitrogens with zero attached hydrogens (tertiary/aromatic N) is 1. The second-order valence-corrected chi connectivity index (χ2v) is 5.55. The molecule has 1 fully saturated rings. The highest BCUT2D eigenvalue weighted by atomic mass is 19.1. The van der Waals surface area contributed by atoms with Crippen molar-refractivity contribution >= 4 is 5.91 Å². The molecule has 1 aliphatic rings. The Hall–Kier alpha value is -1.42. The third kappa shape index (κ3) is 3.01. The third-order valence-corrected chi connectivity index (χ3v) is 4.24. The van der Waals surface area contributed by atoms with E-state index in [0.717, 1.165) is 18.5 Å². The number of benzene rings is 1. The maximum absolute atomic E-state index is 13.0. The van der Waals surface area contributed by atoms with E-state index in [0.29, 0.717) is 12.5 Å². The van der Waals surface area contributed by atoms with Gasteiger partial charge in [-0.2, -0.15) is 0 Å². The maximum atomic E-state index is 13.0. The van der Waals surface area contributed by atoms with Crippen LogP contribution in [0, 0.1) is 11.7 Å². The first kappa shape index (κ1) is 15.0. The summed E-state index contributed by atoms with van der Waals surface area (Å²) < 4.78 is 13.0. The van der Waals surface area contributed by atoms with Crippen LogP contribution in [0.15, 0.2) is 24.3 Å². The Morgan fingerprint density at radius 1 is 1.45 bits per heavy atom. The van der Waals surface area contributed by atoms with Crippen LogP contribution in [0.3, 0.4) is 0 Å². The van der Waals surface area contributed by atoms with Gasteiger partial charge in [0, 0.05) is 6.54 Å². The molecule has 4 heteroatoms. The fourth-order valence-electron chi connectivity index (χ4n) is 2.89. The zero-order chi connectivity index (χ0) is 14.7. The van der Waals surface area contributed by atoms with E-state index in [-0.39, 0.29) is 23.8 Å². The zero-order valence-corrected chi connectivity index (χ0v) is 12.4. The first-order chi connectivity index (χ1) is 9.54. The van der Waals surface area contributed by atoms with Crippen LogP contribution < -0.4 is 5.32 Å². The van der Waals surface area contributed by atoms with E-state index < -0.39 is 0 Å². The van der Waals surface area contributed by atoms with Gasteiger partial charge in [0.15, 0.2) is 0 Å². The largest absolute Gasteiger partial charge is 0.335 e. The van der Waals surface area contributed by atoms with Gasteiger partial charge >= 0.3 is 0 Å². The van der Waals surface area contributed by atoms with Crippen LogP contribution in [0.2, 0.25) is 0 Å².